The second kappa shape index (κ2) is 6.19. The number of hydrogen-bond donors (Lipinski definition) is 1. The number of nitrogens with zero attached hydrogens (tertiary/aromatic N) is 1. The Labute approximate surface area is 114 Å². The summed E-state index contributed by atoms with van der Waals surface area (Å²) in [6, 6.07) is 7.21. The van der Waals surface area contributed by atoms with Crippen LogP contribution in [0.2, 0.25) is 0 Å². The van der Waals surface area contributed by atoms with Crippen LogP contribution >= 0.6 is 0 Å². The maximum absolute atomic E-state index is 12.1. The zero-order valence-electron chi connectivity index (χ0n) is 10.9. The number of likely N-dealkylation sites (N-methyl/N-ethyl adjacent to an activating group) is 1. The molecule has 1 N–H and O–H groups in total. The lowest BCUT2D eigenvalue weighted by Crippen LogP contribution is -2.25. The fraction of sp³-hybridized carbons (Fsp3) is 0.357. The Morgan fingerprint density at radius 1 is 1.30 bits per heavy atom. The van der Waals surface area contributed by atoms with Gasteiger partial charge < -0.3 is 10.1 Å². The normalized spacial score (nSPS) is 13.6. The molecule has 0 radical (unpaired) electrons. The minimum atomic E-state index is -4.31. The first-order chi connectivity index (χ1) is 9.51. The SMILES string of the molecule is CNC(COCC(F)(F)F)c1cccc2ccncc12. The zero-order valence-corrected chi connectivity index (χ0v) is 10.9. The Balaban J connectivity index is 2.17. The molecule has 0 bridgehead atoms. The first-order valence-corrected chi connectivity index (χ1v) is 6.15. The standard InChI is InChI=1S/C14H15F3N2O/c1-18-13(8-20-9-14(15,16)17)11-4-2-3-10-5-6-19-7-12(10)11/h2-7,13,18H,8-9H2,1H3. The molecule has 0 aliphatic carbocycles. The molecule has 0 amide bonds. The van der Waals surface area contributed by atoms with Gasteiger partial charge in [0, 0.05) is 17.8 Å². The summed E-state index contributed by atoms with van der Waals surface area (Å²) in [6.07, 6.45) is -0.919. The van der Waals surface area contributed by atoms with Crippen molar-refractivity contribution in [1.82, 2.24) is 10.3 Å². The van der Waals surface area contributed by atoms with Crippen molar-refractivity contribution in [3.8, 4) is 0 Å². The first kappa shape index (κ1) is 14.7. The summed E-state index contributed by atoms with van der Waals surface area (Å²) in [7, 11) is 1.69. The van der Waals surface area contributed by atoms with Crippen LogP contribution in [0.5, 0.6) is 0 Å². The highest BCUT2D eigenvalue weighted by atomic mass is 19.4. The van der Waals surface area contributed by atoms with Crippen molar-refractivity contribution in [3.63, 3.8) is 0 Å². The lowest BCUT2D eigenvalue weighted by atomic mass is 10.0. The van der Waals surface area contributed by atoms with E-state index in [4.69, 9.17) is 4.74 Å². The van der Waals surface area contributed by atoms with Gasteiger partial charge in [-0.25, -0.2) is 0 Å². The molecule has 2 aromatic rings. The molecule has 0 saturated heterocycles. The number of fused-ring (bicyclic) bond motifs is 1. The maximum atomic E-state index is 12.1. The third-order valence-electron chi connectivity index (χ3n) is 2.99. The Morgan fingerprint density at radius 2 is 2.10 bits per heavy atom. The van der Waals surface area contributed by atoms with Crippen molar-refractivity contribution in [2.45, 2.75) is 12.2 Å². The molecule has 0 fully saturated rings. The fourth-order valence-electron chi connectivity index (χ4n) is 2.06. The van der Waals surface area contributed by atoms with Gasteiger partial charge in [-0.3, -0.25) is 4.98 Å². The summed E-state index contributed by atoms with van der Waals surface area (Å²) < 4.78 is 41.1. The molecule has 0 aliphatic heterocycles. The number of aromatic nitrogens is 1. The summed E-state index contributed by atoms with van der Waals surface area (Å²) >= 11 is 0. The molecule has 20 heavy (non-hydrogen) atoms. The van der Waals surface area contributed by atoms with E-state index < -0.39 is 12.8 Å². The molecule has 1 aromatic carbocycles. The molecule has 0 aliphatic rings. The van der Waals surface area contributed by atoms with E-state index in [1.165, 1.54) is 0 Å². The summed E-state index contributed by atoms with van der Waals surface area (Å²) in [5, 5.41) is 4.88. The minimum Gasteiger partial charge on any atom is -0.370 e. The van der Waals surface area contributed by atoms with Crippen LogP contribution in [0.25, 0.3) is 10.8 Å². The fourth-order valence-corrected chi connectivity index (χ4v) is 2.06. The smallest absolute Gasteiger partial charge is 0.370 e. The van der Waals surface area contributed by atoms with Crippen LogP contribution in [-0.4, -0.2) is 31.4 Å². The third-order valence-corrected chi connectivity index (χ3v) is 2.99. The lowest BCUT2D eigenvalue weighted by Gasteiger charge is -2.19. The molecule has 6 heteroatoms. The van der Waals surface area contributed by atoms with Gasteiger partial charge in [0.2, 0.25) is 0 Å². The van der Waals surface area contributed by atoms with Gasteiger partial charge in [-0.05, 0) is 24.1 Å². The van der Waals surface area contributed by atoms with Gasteiger partial charge in [0.05, 0.1) is 12.6 Å². The molecule has 1 aromatic heterocycles. The lowest BCUT2D eigenvalue weighted by molar-refractivity contribution is -0.175. The van der Waals surface area contributed by atoms with Crippen molar-refractivity contribution in [3.05, 3.63) is 42.2 Å². The predicted octanol–water partition coefficient (Wildman–Crippen LogP) is 3.07. The Morgan fingerprint density at radius 3 is 2.80 bits per heavy atom. The van der Waals surface area contributed by atoms with Crippen molar-refractivity contribution in [2.24, 2.45) is 0 Å². The molecular weight excluding hydrogens is 269 g/mol. The van der Waals surface area contributed by atoms with Gasteiger partial charge >= 0.3 is 6.18 Å². The van der Waals surface area contributed by atoms with Crippen LogP contribution in [0, 0.1) is 0 Å². The highest BCUT2D eigenvalue weighted by Gasteiger charge is 2.28. The van der Waals surface area contributed by atoms with E-state index in [1.807, 2.05) is 24.3 Å². The van der Waals surface area contributed by atoms with Crippen LogP contribution in [0.1, 0.15) is 11.6 Å². The van der Waals surface area contributed by atoms with Crippen LogP contribution < -0.4 is 5.32 Å². The van der Waals surface area contributed by atoms with Crippen molar-refractivity contribution in [2.75, 3.05) is 20.3 Å². The molecule has 1 heterocycles. The summed E-state index contributed by atoms with van der Waals surface area (Å²) in [6.45, 7) is -1.29. The second-order valence-corrected chi connectivity index (χ2v) is 4.42. The molecule has 0 spiro atoms. The molecule has 1 unspecified atom stereocenters. The number of rotatable bonds is 5. The number of benzene rings is 1. The van der Waals surface area contributed by atoms with E-state index >= 15 is 0 Å². The predicted molar refractivity (Wildman–Crippen MR) is 70.4 cm³/mol. The maximum Gasteiger partial charge on any atom is 0.411 e. The van der Waals surface area contributed by atoms with Gasteiger partial charge in [0.1, 0.15) is 6.61 Å². The summed E-state index contributed by atoms with van der Waals surface area (Å²) in [4.78, 5) is 4.06. The zero-order chi connectivity index (χ0) is 14.6. The van der Waals surface area contributed by atoms with Gasteiger partial charge in [-0.1, -0.05) is 18.2 Å². The molecule has 108 valence electrons. The van der Waals surface area contributed by atoms with Crippen molar-refractivity contribution < 1.29 is 17.9 Å². The monoisotopic (exact) mass is 284 g/mol. The summed E-state index contributed by atoms with van der Waals surface area (Å²) in [5.74, 6) is 0. The largest absolute Gasteiger partial charge is 0.411 e. The first-order valence-electron chi connectivity index (χ1n) is 6.15. The van der Waals surface area contributed by atoms with Crippen LogP contribution in [0.3, 0.4) is 0 Å². The van der Waals surface area contributed by atoms with Gasteiger partial charge in [0.25, 0.3) is 0 Å². The number of alkyl halides is 3. The van der Waals surface area contributed by atoms with Gasteiger partial charge in [-0.15, -0.1) is 0 Å². The number of ether oxygens (including phenoxy) is 1. The topological polar surface area (TPSA) is 34.1 Å². The number of halogens is 3. The number of nitrogens with one attached hydrogen (secondary N) is 1. The van der Waals surface area contributed by atoms with E-state index in [1.54, 1.807) is 19.4 Å². The molecular formula is C14H15F3N2O. The quantitative estimate of drug-likeness (QED) is 0.916. The van der Waals surface area contributed by atoms with E-state index in [9.17, 15) is 13.2 Å². The average Bonchev–Trinajstić information content (AvgIpc) is 2.42. The molecule has 3 nitrogen and oxygen atoms in total. The average molecular weight is 284 g/mol. The van der Waals surface area contributed by atoms with E-state index in [0.717, 1.165) is 16.3 Å². The summed E-state index contributed by atoms with van der Waals surface area (Å²) in [5.41, 5.74) is 0.875. The Hall–Kier alpha value is -1.66. The van der Waals surface area contributed by atoms with E-state index in [0.29, 0.717) is 0 Å². The Kier molecular flexibility index (Phi) is 4.57. The van der Waals surface area contributed by atoms with Crippen LogP contribution in [0.15, 0.2) is 36.7 Å². The molecule has 0 saturated carbocycles. The second-order valence-electron chi connectivity index (χ2n) is 4.42. The highest BCUT2D eigenvalue weighted by Crippen LogP contribution is 2.24. The molecule has 1 atom stereocenters. The van der Waals surface area contributed by atoms with Crippen molar-refractivity contribution in [1.29, 1.82) is 0 Å². The van der Waals surface area contributed by atoms with Crippen LogP contribution in [0.4, 0.5) is 13.2 Å². The van der Waals surface area contributed by atoms with Gasteiger partial charge in [-0.2, -0.15) is 13.2 Å². The number of pyridine rings is 1. The van der Waals surface area contributed by atoms with Crippen LogP contribution in [-0.2, 0) is 4.74 Å². The molecule has 2 rings (SSSR count). The highest BCUT2D eigenvalue weighted by molar-refractivity contribution is 5.85. The Bertz CT molecular complexity index is 566. The van der Waals surface area contributed by atoms with E-state index in [-0.39, 0.29) is 12.6 Å². The van der Waals surface area contributed by atoms with Gasteiger partial charge in [0.15, 0.2) is 0 Å². The van der Waals surface area contributed by atoms with E-state index in [2.05, 4.69) is 10.3 Å². The van der Waals surface area contributed by atoms with Crippen molar-refractivity contribution >= 4 is 10.8 Å². The number of hydrogen-bond acceptors (Lipinski definition) is 3. The third kappa shape index (κ3) is 3.68. The minimum absolute atomic E-state index is 0.0516.